The second kappa shape index (κ2) is 4.11. The van der Waals surface area contributed by atoms with E-state index < -0.39 is 11.5 Å². The van der Waals surface area contributed by atoms with Crippen LogP contribution in [0.2, 0.25) is 0 Å². The van der Waals surface area contributed by atoms with Crippen LogP contribution in [0.1, 0.15) is 39.0 Å². The molecule has 84 valence electrons. The molecule has 1 saturated carbocycles. The Kier molecular flexibility index (Phi) is 3.48. The fourth-order valence-electron chi connectivity index (χ4n) is 2.21. The summed E-state index contributed by atoms with van der Waals surface area (Å²) in [5, 5.41) is 0. The molecule has 0 saturated heterocycles. The minimum atomic E-state index is -2.52. The van der Waals surface area contributed by atoms with Crippen LogP contribution in [0, 0.1) is 0 Å². The number of hydrogen-bond acceptors (Lipinski definition) is 2. The molecule has 0 bridgehead atoms. The number of halogens is 2. The lowest BCUT2D eigenvalue weighted by Gasteiger charge is -2.41. The maximum absolute atomic E-state index is 12.9. The van der Waals surface area contributed by atoms with E-state index in [1.165, 1.54) is 0 Å². The summed E-state index contributed by atoms with van der Waals surface area (Å²) in [7, 11) is 1.59. The van der Waals surface area contributed by atoms with Gasteiger partial charge >= 0.3 is 0 Å². The molecular weight excluding hydrogens is 188 g/mol. The SMILES string of the molecule is CCC(OC)C1(N)CCC(F)(F)CC1. The summed E-state index contributed by atoms with van der Waals surface area (Å²) in [6, 6.07) is 0. The second-order valence-electron chi connectivity index (χ2n) is 4.22. The Balaban J connectivity index is 2.60. The molecule has 1 rings (SSSR count). The van der Waals surface area contributed by atoms with Crippen molar-refractivity contribution in [3.8, 4) is 0 Å². The van der Waals surface area contributed by atoms with Crippen LogP contribution in [-0.2, 0) is 4.74 Å². The van der Waals surface area contributed by atoms with Gasteiger partial charge in [-0.3, -0.25) is 0 Å². The predicted molar refractivity (Wildman–Crippen MR) is 51.4 cm³/mol. The summed E-state index contributed by atoms with van der Waals surface area (Å²) in [4.78, 5) is 0. The van der Waals surface area contributed by atoms with Gasteiger partial charge in [0.05, 0.1) is 6.10 Å². The molecule has 0 aromatic carbocycles. The van der Waals surface area contributed by atoms with Crippen LogP contribution in [0.4, 0.5) is 8.78 Å². The van der Waals surface area contributed by atoms with Crippen molar-refractivity contribution < 1.29 is 13.5 Å². The summed E-state index contributed by atoms with van der Waals surface area (Å²) in [5.41, 5.74) is 5.54. The third-order valence-corrected chi connectivity index (χ3v) is 3.21. The van der Waals surface area contributed by atoms with Crippen molar-refractivity contribution in [1.82, 2.24) is 0 Å². The van der Waals surface area contributed by atoms with E-state index in [1.54, 1.807) is 7.11 Å². The minimum absolute atomic E-state index is 0.0985. The fraction of sp³-hybridized carbons (Fsp3) is 1.00. The van der Waals surface area contributed by atoms with E-state index in [4.69, 9.17) is 10.5 Å². The molecule has 0 aromatic heterocycles. The van der Waals surface area contributed by atoms with Crippen molar-refractivity contribution in [2.75, 3.05) is 7.11 Å². The van der Waals surface area contributed by atoms with Crippen molar-refractivity contribution in [3.63, 3.8) is 0 Å². The van der Waals surface area contributed by atoms with Crippen molar-refractivity contribution in [2.45, 2.75) is 56.6 Å². The van der Waals surface area contributed by atoms with Gasteiger partial charge in [0.2, 0.25) is 5.92 Å². The lowest BCUT2D eigenvalue weighted by molar-refractivity contribution is -0.0778. The zero-order valence-corrected chi connectivity index (χ0v) is 8.85. The standard InChI is InChI=1S/C10H19F2NO/c1-3-8(14-2)9(13)4-6-10(11,12)7-5-9/h8H,3-7,13H2,1-2H3. The molecule has 1 fully saturated rings. The van der Waals surface area contributed by atoms with E-state index >= 15 is 0 Å². The molecule has 0 heterocycles. The van der Waals surface area contributed by atoms with E-state index in [2.05, 4.69) is 0 Å². The van der Waals surface area contributed by atoms with Crippen LogP contribution in [0.15, 0.2) is 0 Å². The number of nitrogens with two attached hydrogens (primary N) is 1. The molecule has 1 aliphatic rings. The lowest BCUT2D eigenvalue weighted by atomic mass is 9.76. The summed E-state index contributed by atoms with van der Waals surface area (Å²) in [5.74, 6) is -2.52. The average molecular weight is 207 g/mol. The molecule has 0 aromatic rings. The molecule has 4 heteroatoms. The van der Waals surface area contributed by atoms with Crippen molar-refractivity contribution >= 4 is 0 Å². The summed E-state index contributed by atoms with van der Waals surface area (Å²) in [6.07, 6.45) is 1.17. The number of alkyl halides is 2. The smallest absolute Gasteiger partial charge is 0.248 e. The molecular formula is C10H19F2NO. The zero-order valence-electron chi connectivity index (χ0n) is 8.85. The van der Waals surface area contributed by atoms with Crippen molar-refractivity contribution in [1.29, 1.82) is 0 Å². The molecule has 0 spiro atoms. The quantitative estimate of drug-likeness (QED) is 0.770. The highest BCUT2D eigenvalue weighted by molar-refractivity contribution is 4.97. The largest absolute Gasteiger partial charge is 0.380 e. The molecule has 14 heavy (non-hydrogen) atoms. The third kappa shape index (κ3) is 2.42. The van der Waals surface area contributed by atoms with Crippen molar-refractivity contribution in [2.24, 2.45) is 5.73 Å². The van der Waals surface area contributed by atoms with Crippen LogP contribution < -0.4 is 5.73 Å². The molecule has 2 N–H and O–H groups in total. The van der Waals surface area contributed by atoms with E-state index in [0.717, 1.165) is 6.42 Å². The van der Waals surface area contributed by atoms with E-state index in [-0.39, 0.29) is 18.9 Å². The normalized spacial score (nSPS) is 27.2. The lowest BCUT2D eigenvalue weighted by Crippen LogP contribution is -2.55. The van der Waals surface area contributed by atoms with Gasteiger partial charge in [-0.05, 0) is 19.3 Å². The van der Waals surface area contributed by atoms with E-state index in [9.17, 15) is 8.78 Å². The average Bonchev–Trinajstić information content (AvgIpc) is 2.13. The van der Waals surface area contributed by atoms with E-state index in [1.807, 2.05) is 6.92 Å². The van der Waals surface area contributed by atoms with Gasteiger partial charge in [-0.15, -0.1) is 0 Å². The summed E-state index contributed by atoms with van der Waals surface area (Å²) in [6.45, 7) is 1.97. The maximum atomic E-state index is 12.9. The van der Waals surface area contributed by atoms with Crippen LogP contribution >= 0.6 is 0 Å². The molecule has 0 aliphatic heterocycles. The first-order valence-electron chi connectivity index (χ1n) is 5.13. The van der Waals surface area contributed by atoms with Gasteiger partial charge in [-0.2, -0.15) is 0 Å². The zero-order chi connectivity index (χ0) is 10.8. The van der Waals surface area contributed by atoms with Gasteiger partial charge in [0, 0.05) is 25.5 Å². The molecule has 0 amide bonds. The monoisotopic (exact) mass is 207 g/mol. The molecule has 0 radical (unpaired) electrons. The highest BCUT2D eigenvalue weighted by Crippen LogP contribution is 2.39. The van der Waals surface area contributed by atoms with Crippen molar-refractivity contribution in [3.05, 3.63) is 0 Å². The minimum Gasteiger partial charge on any atom is -0.380 e. The van der Waals surface area contributed by atoms with Gasteiger partial charge in [0.15, 0.2) is 0 Å². The predicted octanol–water partition coefficient (Wildman–Crippen LogP) is 2.32. The first-order chi connectivity index (χ1) is 6.43. The van der Waals surface area contributed by atoms with Crippen LogP contribution in [0.3, 0.4) is 0 Å². The molecule has 1 aliphatic carbocycles. The molecule has 2 nitrogen and oxygen atoms in total. The van der Waals surface area contributed by atoms with Gasteiger partial charge in [0.25, 0.3) is 0 Å². The Bertz CT molecular complexity index is 183. The van der Waals surface area contributed by atoms with Crippen LogP contribution in [0.25, 0.3) is 0 Å². The Morgan fingerprint density at radius 3 is 2.14 bits per heavy atom. The topological polar surface area (TPSA) is 35.2 Å². The van der Waals surface area contributed by atoms with Crippen LogP contribution in [0.5, 0.6) is 0 Å². The summed E-state index contributed by atoms with van der Waals surface area (Å²) < 4.78 is 31.1. The Hall–Kier alpha value is -0.220. The molecule has 1 atom stereocenters. The second-order valence-corrected chi connectivity index (χ2v) is 4.22. The Morgan fingerprint density at radius 1 is 1.29 bits per heavy atom. The number of rotatable bonds is 3. The van der Waals surface area contributed by atoms with E-state index in [0.29, 0.717) is 12.8 Å². The van der Waals surface area contributed by atoms with Crippen LogP contribution in [-0.4, -0.2) is 24.7 Å². The van der Waals surface area contributed by atoms with Gasteiger partial charge < -0.3 is 10.5 Å². The van der Waals surface area contributed by atoms with Gasteiger partial charge in [-0.25, -0.2) is 8.78 Å². The number of hydrogen-bond donors (Lipinski definition) is 1. The third-order valence-electron chi connectivity index (χ3n) is 3.21. The summed E-state index contributed by atoms with van der Waals surface area (Å²) >= 11 is 0. The number of methoxy groups -OCH3 is 1. The Labute approximate surface area is 83.8 Å². The highest BCUT2D eigenvalue weighted by atomic mass is 19.3. The highest BCUT2D eigenvalue weighted by Gasteiger charge is 2.44. The molecule has 1 unspecified atom stereocenters. The number of ether oxygens (including phenoxy) is 1. The van der Waals surface area contributed by atoms with Gasteiger partial charge in [-0.1, -0.05) is 6.92 Å². The first kappa shape index (κ1) is 11.9. The fourth-order valence-corrected chi connectivity index (χ4v) is 2.21. The van der Waals surface area contributed by atoms with Gasteiger partial charge in [0.1, 0.15) is 0 Å². The maximum Gasteiger partial charge on any atom is 0.248 e. The Morgan fingerprint density at radius 2 is 1.79 bits per heavy atom. The first-order valence-corrected chi connectivity index (χ1v) is 5.13.